The number of amides is 2. The number of carbonyl (C=O) groups is 1. The van der Waals surface area contributed by atoms with Gasteiger partial charge in [-0.3, -0.25) is 9.97 Å². The molecule has 3 aromatic rings. The van der Waals surface area contributed by atoms with E-state index in [1.165, 1.54) is 0 Å². The molecule has 0 bridgehead atoms. The Morgan fingerprint density at radius 1 is 0.880 bits per heavy atom. The Morgan fingerprint density at radius 3 is 1.92 bits per heavy atom. The third-order valence-electron chi connectivity index (χ3n) is 3.54. The van der Waals surface area contributed by atoms with Crippen LogP contribution in [0.25, 0.3) is 0 Å². The van der Waals surface area contributed by atoms with Gasteiger partial charge in [-0.25, -0.2) is 4.79 Å². The van der Waals surface area contributed by atoms with Gasteiger partial charge in [0.15, 0.2) is 0 Å². The Kier molecular flexibility index (Phi) is 5.95. The number of nitrogens with zero attached hydrogens (tertiary/aromatic N) is 3. The lowest BCUT2D eigenvalue weighted by atomic mass is 10.3. The molecule has 0 unspecified atom stereocenters. The van der Waals surface area contributed by atoms with Crippen LogP contribution in [0.5, 0.6) is 0 Å². The molecule has 0 aliphatic carbocycles. The smallest absolute Gasteiger partial charge is 0.313 e. The quantitative estimate of drug-likeness (QED) is 0.597. The number of urea groups is 1. The van der Waals surface area contributed by atoms with Gasteiger partial charge in [0.25, 0.3) is 0 Å². The molecule has 1 aromatic carbocycles. The molecule has 2 aromatic heterocycles. The van der Waals surface area contributed by atoms with Crippen LogP contribution in [0, 0.1) is 3.57 Å². The molecular weight excluding hydrogens is 427 g/mol. The van der Waals surface area contributed by atoms with Crippen molar-refractivity contribution in [3.63, 3.8) is 0 Å². The average molecular weight is 444 g/mol. The minimum atomic E-state index is -0.183. The Bertz CT molecular complexity index is 768. The standard InChI is InChI=1S/C19H17IN4O/c20-15-7-9-16(10-8-15)23-19(25)24(13-17-5-1-3-11-21-17)14-18-6-2-4-12-22-18/h1-12H,13-14H2,(H,23,25). The van der Waals surface area contributed by atoms with E-state index in [9.17, 15) is 4.79 Å². The summed E-state index contributed by atoms with van der Waals surface area (Å²) in [5.74, 6) is 0. The molecule has 6 heteroatoms. The van der Waals surface area contributed by atoms with Gasteiger partial charge in [-0.1, -0.05) is 12.1 Å². The maximum Gasteiger partial charge on any atom is 0.322 e. The second kappa shape index (κ2) is 8.57. The van der Waals surface area contributed by atoms with Crippen molar-refractivity contribution in [2.75, 3.05) is 5.32 Å². The molecule has 2 heterocycles. The van der Waals surface area contributed by atoms with Crippen LogP contribution >= 0.6 is 22.6 Å². The molecule has 0 fully saturated rings. The highest BCUT2D eigenvalue weighted by atomic mass is 127. The highest BCUT2D eigenvalue weighted by Crippen LogP contribution is 2.14. The third-order valence-corrected chi connectivity index (χ3v) is 4.26. The van der Waals surface area contributed by atoms with Gasteiger partial charge in [-0.2, -0.15) is 0 Å². The highest BCUT2D eigenvalue weighted by Gasteiger charge is 2.16. The van der Waals surface area contributed by atoms with Gasteiger partial charge in [0.2, 0.25) is 0 Å². The van der Waals surface area contributed by atoms with Crippen molar-refractivity contribution in [3.05, 3.63) is 88.0 Å². The van der Waals surface area contributed by atoms with Crippen molar-refractivity contribution in [1.82, 2.24) is 14.9 Å². The van der Waals surface area contributed by atoms with E-state index in [0.29, 0.717) is 13.1 Å². The lowest BCUT2D eigenvalue weighted by molar-refractivity contribution is 0.205. The Labute approximate surface area is 160 Å². The normalized spacial score (nSPS) is 10.3. The van der Waals surface area contributed by atoms with Crippen LogP contribution in [-0.2, 0) is 13.1 Å². The zero-order valence-corrected chi connectivity index (χ0v) is 15.6. The van der Waals surface area contributed by atoms with Gasteiger partial charge in [-0.15, -0.1) is 0 Å². The van der Waals surface area contributed by atoms with Crippen molar-refractivity contribution < 1.29 is 4.79 Å². The molecular formula is C19H17IN4O. The Hall–Kier alpha value is -2.48. The average Bonchev–Trinajstić information content (AvgIpc) is 2.65. The SMILES string of the molecule is O=C(Nc1ccc(I)cc1)N(Cc1ccccn1)Cc1ccccn1. The van der Waals surface area contributed by atoms with Gasteiger partial charge in [-0.05, 0) is 71.1 Å². The summed E-state index contributed by atoms with van der Waals surface area (Å²) in [5, 5.41) is 2.94. The van der Waals surface area contributed by atoms with Crippen LogP contribution in [0.2, 0.25) is 0 Å². The van der Waals surface area contributed by atoms with Crippen LogP contribution in [0.4, 0.5) is 10.5 Å². The van der Waals surface area contributed by atoms with Crippen LogP contribution in [-0.4, -0.2) is 20.9 Å². The number of aromatic nitrogens is 2. The lowest BCUT2D eigenvalue weighted by Gasteiger charge is -2.22. The fourth-order valence-electron chi connectivity index (χ4n) is 2.31. The van der Waals surface area contributed by atoms with Crippen molar-refractivity contribution in [1.29, 1.82) is 0 Å². The summed E-state index contributed by atoms with van der Waals surface area (Å²) in [6.45, 7) is 0.821. The number of anilines is 1. The largest absolute Gasteiger partial charge is 0.322 e. The summed E-state index contributed by atoms with van der Waals surface area (Å²) in [6.07, 6.45) is 3.45. The van der Waals surface area contributed by atoms with E-state index in [1.807, 2.05) is 60.7 Å². The molecule has 126 valence electrons. The molecule has 0 spiro atoms. The van der Waals surface area contributed by atoms with Crippen LogP contribution in [0.15, 0.2) is 73.1 Å². The number of benzene rings is 1. The van der Waals surface area contributed by atoms with Crippen molar-refractivity contribution in [2.45, 2.75) is 13.1 Å². The Morgan fingerprint density at radius 2 is 1.44 bits per heavy atom. The summed E-state index contributed by atoms with van der Waals surface area (Å²) in [7, 11) is 0. The maximum absolute atomic E-state index is 12.8. The summed E-state index contributed by atoms with van der Waals surface area (Å²) in [6, 6.07) is 18.9. The maximum atomic E-state index is 12.8. The third kappa shape index (κ3) is 5.25. The van der Waals surface area contributed by atoms with Gasteiger partial charge >= 0.3 is 6.03 Å². The van der Waals surface area contributed by atoms with Gasteiger partial charge < -0.3 is 10.2 Å². The first-order valence-corrected chi connectivity index (χ1v) is 8.90. The topological polar surface area (TPSA) is 58.1 Å². The number of nitrogens with one attached hydrogen (secondary N) is 1. The Balaban J connectivity index is 1.76. The minimum absolute atomic E-state index is 0.183. The molecule has 0 atom stereocenters. The minimum Gasteiger partial charge on any atom is -0.313 e. The molecule has 2 amide bonds. The van der Waals surface area contributed by atoms with E-state index in [0.717, 1.165) is 20.6 Å². The molecule has 1 N–H and O–H groups in total. The van der Waals surface area contributed by atoms with Gasteiger partial charge in [0.1, 0.15) is 0 Å². The number of pyridine rings is 2. The van der Waals surface area contributed by atoms with E-state index < -0.39 is 0 Å². The van der Waals surface area contributed by atoms with E-state index in [1.54, 1.807) is 17.3 Å². The second-order valence-corrected chi connectivity index (χ2v) is 6.68. The molecule has 3 rings (SSSR count). The van der Waals surface area contributed by atoms with Crippen LogP contribution in [0.3, 0.4) is 0 Å². The summed E-state index contributed by atoms with van der Waals surface area (Å²) < 4.78 is 1.12. The fourth-order valence-corrected chi connectivity index (χ4v) is 2.67. The molecule has 0 saturated carbocycles. The zero-order valence-electron chi connectivity index (χ0n) is 13.5. The molecule has 0 aliphatic heterocycles. The van der Waals surface area contributed by atoms with Gasteiger partial charge in [0.05, 0.1) is 24.5 Å². The number of halogens is 1. The van der Waals surface area contributed by atoms with Crippen molar-refractivity contribution in [3.8, 4) is 0 Å². The zero-order chi connectivity index (χ0) is 17.5. The first-order chi connectivity index (χ1) is 12.2. The van der Waals surface area contributed by atoms with Crippen molar-refractivity contribution >= 4 is 34.3 Å². The second-order valence-electron chi connectivity index (χ2n) is 5.44. The fraction of sp³-hybridized carbons (Fsp3) is 0.105. The highest BCUT2D eigenvalue weighted by molar-refractivity contribution is 14.1. The number of hydrogen-bond donors (Lipinski definition) is 1. The van der Waals surface area contributed by atoms with Crippen molar-refractivity contribution in [2.24, 2.45) is 0 Å². The van der Waals surface area contributed by atoms with E-state index in [2.05, 4.69) is 37.9 Å². The molecule has 0 radical (unpaired) electrons. The number of hydrogen-bond acceptors (Lipinski definition) is 3. The number of carbonyl (C=O) groups excluding carboxylic acids is 1. The first-order valence-electron chi connectivity index (χ1n) is 7.82. The first kappa shape index (κ1) is 17.3. The summed E-state index contributed by atoms with van der Waals surface area (Å²) in [5.41, 5.74) is 2.42. The molecule has 0 saturated heterocycles. The predicted octanol–water partition coefficient (Wildman–Crippen LogP) is 4.32. The van der Waals surface area contributed by atoms with Gasteiger partial charge in [0, 0.05) is 21.7 Å². The summed E-state index contributed by atoms with van der Waals surface area (Å²) >= 11 is 2.23. The van der Waals surface area contributed by atoms with E-state index >= 15 is 0 Å². The molecule has 0 aliphatic rings. The van der Waals surface area contributed by atoms with Crippen LogP contribution < -0.4 is 5.32 Å². The van der Waals surface area contributed by atoms with E-state index in [-0.39, 0.29) is 6.03 Å². The number of rotatable bonds is 5. The lowest BCUT2D eigenvalue weighted by Crippen LogP contribution is -2.34. The molecule has 25 heavy (non-hydrogen) atoms. The monoisotopic (exact) mass is 444 g/mol. The van der Waals surface area contributed by atoms with E-state index in [4.69, 9.17) is 0 Å². The predicted molar refractivity (Wildman–Crippen MR) is 106 cm³/mol. The molecule has 5 nitrogen and oxygen atoms in total. The van der Waals surface area contributed by atoms with Crippen LogP contribution in [0.1, 0.15) is 11.4 Å². The summed E-state index contributed by atoms with van der Waals surface area (Å²) in [4.78, 5) is 23.1.